The van der Waals surface area contributed by atoms with Gasteiger partial charge in [0, 0.05) is 16.5 Å². The van der Waals surface area contributed by atoms with Crippen LogP contribution in [0.1, 0.15) is 21.1 Å². The van der Waals surface area contributed by atoms with Crippen molar-refractivity contribution in [2.75, 3.05) is 0 Å². The second kappa shape index (κ2) is 4.63. The van der Waals surface area contributed by atoms with Crippen molar-refractivity contribution in [1.82, 2.24) is 4.98 Å². The van der Waals surface area contributed by atoms with Crippen LogP contribution in [0, 0.1) is 6.92 Å². The molecule has 0 bridgehead atoms. The average Bonchev–Trinajstić information content (AvgIpc) is 2.97. The lowest BCUT2D eigenvalue weighted by Crippen LogP contribution is -2.03. The molecule has 0 saturated heterocycles. The normalized spacial score (nSPS) is 10.9. The second-order valence-electron chi connectivity index (χ2n) is 4.11. The van der Waals surface area contributed by atoms with Crippen molar-refractivity contribution in [3.63, 3.8) is 0 Å². The Morgan fingerprint density at radius 1 is 1.22 bits per heavy atom. The lowest BCUT2D eigenvalue weighted by Gasteiger charge is -1.97. The Bertz CT molecular complexity index is 711. The molecule has 1 aromatic carbocycles. The van der Waals surface area contributed by atoms with Crippen molar-refractivity contribution in [1.29, 1.82) is 0 Å². The molecule has 0 amide bonds. The largest absolute Gasteiger partial charge is 0.292 e. The number of rotatable bonds is 3. The number of carbonyl (C=O) groups is 1. The molecular weight excluding hydrogens is 262 g/mol. The van der Waals surface area contributed by atoms with Crippen LogP contribution in [0.5, 0.6) is 0 Å². The van der Waals surface area contributed by atoms with Crippen molar-refractivity contribution in [3.8, 4) is 0 Å². The summed E-state index contributed by atoms with van der Waals surface area (Å²) in [7, 11) is 0. The van der Waals surface area contributed by atoms with Crippen LogP contribution in [0.25, 0.3) is 10.1 Å². The fraction of sp³-hybridized carbons (Fsp3) is 0.143. The van der Waals surface area contributed by atoms with Crippen LogP contribution in [0.3, 0.4) is 0 Å². The van der Waals surface area contributed by atoms with E-state index < -0.39 is 0 Å². The summed E-state index contributed by atoms with van der Waals surface area (Å²) in [6, 6.07) is 8.19. The van der Waals surface area contributed by atoms with Crippen molar-refractivity contribution in [3.05, 3.63) is 51.3 Å². The van der Waals surface area contributed by atoms with Crippen molar-refractivity contribution in [2.24, 2.45) is 0 Å². The number of hydrogen-bond acceptors (Lipinski definition) is 4. The van der Waals surface area contributed by atoms with Crippen LogP contribution in [-0.2, 0) is 6.42 Å². The fourth-order valence-corrected chi connectivity index (χ4v) is 3.50. The molecule has 0 aliphatic carbocycles. The summed E-state index contributed by atoms with van der Waals surface area (Å²) in [6.07, 6.45) is 0.438. The zero-order chi connectivity index (χ0) is 12.5. The summed E-state index contributed by atoms with van der Waals surface area (Å²) in [4.78, 5) is 16.4. The van der Waals surface area contributed by atoms with E-state index >= 15 is 0 Å². The van der Waals surface area contributed by atoms with Gasteiger partial charge in [-0.05, 0) is 29.3 Å². The van der Waals surface area contributed by atoms with Crippen LogP contribution in [0.15, 0.2) is 35.0 Å². The van der Waals surface area contributed by atoms with E-state index in [4.69, 9.17) is 0 Å². The number of thiazole rings is 1. The summed E-state index contributed by atoms with van der Waals surface area (Å²) < 4.78 is 1.23. The number of carbonyl (C=O) groups excluding carboxylic acids is 1. The van der Waals surface area contributed by atoms with Gasteiger partial charge in [-0.2, -0.15) is 0 Å². The molecular formula is C14H11NOS2. The van der Waals surface area contributed by atoms with E-state index in [2.05, 4.69) is 22.5 Å². The van der Waals surface area contributed by atoms with Crippen LogP contribution < -0.4 is 0 Å². The van der Waals surface area contributed by atoms with Gasteiger partial charge in [-0.15, -0.1) is 22.7 Å². The Labute approximate surface area is 113 Å². The number of benzene rings is 1. The molecule has 0 radical (unpaired) electrons. The molecule has 2 nitrogen and oxygen atoms in total. The van der Waals surface area contributed by atoms with Gasteiger partial charge in [-0.1, -0.05) is 18.2 Å². The fourth-order valence-electron chi connectivity index (χ4n) is 1.92. The lowest BCUT2D eigenvalue weighted by atomic mass is 10.1. The minimum atomic E-state index is 0.0999. The van der Waals surface area contributed by atoms with Gasteiger partial charge in [0.05, 0.1) is 5.01 Å². The summed E-state index contributed by atoms with van der Waals surface area (Å²) in [5.41, 5.74) is 1.69. The first-order valence-electron chi connectivity index (χ1n) is 5.64. The molecule has 0 aliphatic heterocycles. The zero-order valence-electron chi connectivity index (χ0n) is 9.84. The van der Waals surface area contributed by atoms with Crippen LogP contribution >= 0.6 is 22.7 Å². The number of aromatic nitrogens is 1. The van der Waals surface area contributed by atoms with Gasteiger partial charge in [-0.3, -0.25) is 4.79 Å². The van der Waals surface area contributed by atoms with Crippen LogP contribution in [0.2, 0.25) is 0 Å². The smallest absolute Gasteiger partial charge is 0.186 e. The van der Waals surface area contributed by atoms with Gasteiger partial charge in [0.2, 0.25) is 0 Å². The van der Waals surface area contributed by atoms with Gasteiger partial charge >= 0.3 is 0 Å². The maximum absolute atomic E-state index is 12.1. The molecule has 90 valence electrons. The maximum Gasteiger partial charge on any atom is 0.186 e. The number of Topliss-reactive ketones (excluding diaryl/α,β-unsaturated/α-hetero) is 1. The summed E-state index contributed by atoms with van der Waals surface area (Å²) in [5, 5.41) is 6.03. The highest BCUT2D eigenvalue weighted by molar-refractivity contribution is 7.17. The molecule has 3 aromatic rings. The number of thiophene rings is 1. The van der Waals surface area contributed by atoms with Gasteiger partial charge in [0.15, 0.2) is 5.78 Å². The molecule has 0 atom stereocenters. The average molecular weight is 273 g/mol. The third-order valence-corrected chi connectivity index (χ3v) is 4.60. The predicted octanol–water partition coefficient (Wildman–Crippen LogP) is 4.09. The van der Waals surface area contributed by atoms with E-state index in [1.54, 1.807) is 11.3 Å². The Morgan fingerprint density at radius 2 is 2.06 bits per heavy atom. The quantitative estimate of drug-likeness (QED) is 0.673. The van der Waals surface area contributed by atoms with Gasteiger partial charge in [-0.25, -0.2) is 4.98 Å². The molecule has 2 aromatic heterocycles. The first-order valence-corrected chi connectivity index (χ1v) is 7.40. The second-order valence-corrected chi connectivity index (χ2v) is 6.08. The molecule has 0 unspecified atom stereocenters. The van der Waals surface area contributed by atoms with Crippen LogP contribution in [0.4, 0.5) is 0 Å². The van der Waals surface area contributed by atoms with Crippen LogP contribution in [-0.4, -0.2) is 10.8 Å². The van der Waals surface area contributed by atoms with E-state index in [1.807, 2.05) is 24.4 Å². The van der Waals surface area contributed by atoms with E-state index in [-0.39, 0.29) is 5.78 Å². The Kier molecular flexibility index (Phi) is 2.97. The number of ketones is 1. The number of fused-ring (bicyclic) bond motifs is 1. The van der Waals surface area contributed by atoms with Crippen molar-refractivity contribution < 1.29 is 4.79 Å². The maximum atomic E-state index is 12.1. The van der Waals surface area contributed by atoms with Gasteiger partial charge in [0.1, 0.15) is 5.69 Å². The molecule has 0 aliphatic rings. The summed E-state index contributed by atoms with van der Waals surface area (Å²) >= 11 is 3.21. The van der Waals surface area contributed by atoms with E-state index in [0.717, 1.165) is 10.6 Å². The minimum Gasteiger partial charge on any atom is -0.292 e. The Morgan fingerprint density at radius 3 is 2.83 bits per heavy atom. The first kappa shape index (κ1) is 11.6. The SMILES string of the molecule is Cc1nc(C(=O)Cc2csc3ccccc23)cs1. The van der Waals surface area contributed by atoms with Gasteiger partial charge < -0.3 is 0 Å². The van der Waals surface area contributed by atoms with Gasteiger partial charge in [0.25, 0.3) is 0 Å². The Balaban J connectivity index is 1.90. The highest BCUT2D eigenvalue weighted by atomic mass is 32.1. The highest BCUT2D eigenvalue weighted by Gasteiger charge is 2.13. The third kappa shape index (κ3) is 2.09. The highest BCUT2D eigenvalue weighted by Crippen LogP contribution is 2.26. The van der Waals surface area contributed by atoms with Crippen molar-refractivity contribution >= 4 is 38.5 Å². The lowest BCUT2D eigenvalue weighted by molar-refractivity contribution is 0.0989. The van der Waals surface area contributed by atoms with E-state index in [9.17, 15) is 4.79 Å². The molecule has 0 saturated carbocycles. The standard InChI is InChI=1S/C14H11NOS2/c1-9-15-12(8-17-9)13(16)6-10-7-18-14-5-3-2-4-11(10)14/h2-5,7-8H,6H2,1H3. The number of hydrogen-bond donors (Lipinski definition) is 0. The molecule has 0 spiro atoms. The molecule has 4 heteroatoms. The minimum absolute atomic E-state index is 0.0999. The van der Waals surface area contributed by atoms with E-state index in [0.29, 0.717) is 12.1 Å². The van der Waals surface area contributed by atoms with E-state index in [1.165, 1.54) is 21.4 Å². The van der Waals surface area contributed by atoms with Crippen molar-refractivity contribution in [2.45, 2.75) is 13.3 Å². The topological polar surface area (TPSA) is 30.0 Å². The molecule has 0 N–H and O–H groups in total. The summed E-state index contributed by atoms with van der Waals surface area (Å²) in [6.45, 7) is 1.92. The predicted molar refractivity (Wildman–Crippen MR) is 76.7 cm³/mol. The number of nitrogens with zero attached hydrogens (tertiary/aromatic N) is 1. The monoisotopic (exact) mass is 273 g/mol. The molecule has 18 heavy (non-hydrogen) atoms. The number of aryl methyl sites for hydroxylation is 1. The summed E-state index contributed by atoms with van der Waals surface area (Å²) in [5.74, 6) is 0.0999. The Hall–Kier alpha value is -1.52. The molecule has 3 rings (SSSR count). The molecule has 2 heterocycles. The first-order chi connectivity index (χ1) is 8.74. The third-order valence-electron chi connectivity index (χ3n) is 2.82. The zero-order valence-corrected chi connectivity index (χ0v) is 11.5. The molecule has 0 fully saturated rings.